The molecular formula is C28H33F2N7O. The molecule has 3 aliphatic rings. The van der Waals surface area contributed by atoms with Gasteiger partial charge in [0, 0.05) is 43.9 Å². The van der Waals surface area contributed by atoms with Crippen molar-refractivity contribution in [2.24, 2.45) is 0 Å². The minimum absolute atomic E-state index is 0.0612. The molecule has 10 heteroatoms. The third-order valence-corrected chi connectivity index (χ3v) is 8.29. The van der Waals surface area contributed by atoms with E-state index in [9.17, 15) is 13.6 Å². The quantitative estimate of drug-likeness (QED) is 0.520. The molecule has 0 spiro atoms. The van der Waals surface area contributed by atoms with E-state index in [4.69, 9.17) is 4.98 Å². The van der Waals surface area contributed by atoms with Crippen molar-refractivity contribution in [2.75, 3.05) is 42.9 Å². The second-order valence-electron chi connectivity index (χ2n) is 11.1. The Labute approximate surface area is 221 Å². The molecular weight excluding hydrogens is 488 g/mol. The molecule has 200 valence electrons. The Balaban J connectivity index is 1.24. The third-order valence-electron chi connectivity index (χ3n) is 8.29. The summed E-state index contributed by atoms with van der Waals surface area (Å²) in [4.78, 5) is 31.1. The van der Waals surface area contributed by atoms with Gasteiger partial charge in [-0.15, -0.1) is 0 Å². The van der Waals surface area contributed by atoms with Crippen LogP contribution in [0.4, 0.5) is 20.4 Å². The lowest BCUT2D eigenvalue weighted by molar-refractivity contribution is -0.119. The Hall–Kier alpha value is -3.40. The van der Waals surface area contributed by atoms with Crippen LogP contribution in [0, 0.1) is 11.6 Å². The summed E-state index contributed by atoms with van der Waals surface area (Å²) in [5.74, 6) is 0.856. The van der Waals surface area contributed by atoms with Crippen molar-refractivity contribution in [2.45, 2.75) is 57.4 Å². The number of likely N-dealkylation sites (tertiary alicyclic amines) is 1. The first kappa shape index (κ1) is 24.9. The van der Waals surface area contributed by atoms with E-state index in [2.05, 4.69) is 29.7 Å². The van der Waals surface area contributed by atoms with Gasteiger partial charge in [0.2, 0.25) is 5.91 Å². The molecule has 1 N–H and O–H groups in total. The van der Waals surface area contributed by atoms with Gasteiger partial charge in [-0.3, -0.25) is 4.79 Å². The molecule has 0 aliphatic carbocycles. The summed E-state index contributed by atoms with van der Waals surface area (Å²) in [6.07, 6.45) is 7.72. The Bertz CT molecular complexity index is 1360. The molecule has 1 aromatic carbocycles. The molecule has 0 saturated carbocycles. The smallest absolute Gasteiger partial charge is 0.235 e. The van der Waals surface area contributed by atoms with Crippen LogP contribution in [0.2, 0.25) is 0 Å². The van der Waals surface area contributed by atoms with Crippen molar-refractivity contribution in [3.8, 4) is 11.3 Å². The normalized spacial score (nSPS) is 19.7. The van der Waals surface area contributed by atoms with Gasteiger partial charge in [0.1, 0.15) is 23.8 Å². The van der Waals surface area contributed by atoms with E-state index in [0.29, 0.717) is 17.1 Å². The zero-order valence-electron chi connectivity index (χ0n) is 21.9. The number of fused-ring (bicyclic) bond motifs is 1. The van der Waals surface area contributed by atoms with Gasteiger partial charge in [0.25, 0.3) is 0 Å². The molecule has 2 saturated heterocycles. The largest absolute Gasteiger partial charge is 0.356 e. The summed E-state index contributed by atoms with van der Waals surface area (Å²) >= 11 is 0. The van der Waals surface area contributed by atoms with Crippen LogP contribution in [0.15, 0.2) is 30.7 Å². The van der Waals surface area contributed by atoms with Crippen molar-refractivity contribution in [1.29, 1.82) is 0 Å². The number of rotatable bonds is 6. The van der Waals surface area contributed by atoms with Gasteiger partial charge >= 0.3 is 0 Å². The second kappa shape index (κ2) is 9.72. The summed E-state index contributed by atoms with van der Waals surface area (Å²) in [6, 6.07) is 3.97. The van der Waals surface area contributed by atoms with Crippen LogP contribution < -0.4 is 10.2 Å². The number of aromatic nitrogens is 4. The van der Waals surface area contributed by atoms with Crippen LogP contribution in [0.5, 0.6) is 0 Å². The number of amides is 1. The van der Waals surface area contributed by atoms with Gasteiger partial charge in [0.15, 0.2) is 11.6 Å². The van der Waals surface area contributed by atoms with E-state index in [1.54, 1.807) is 6.07 Å². The number of carbonyl (C=O) groups is 1. The van der Waals surface area contributed by atoms with E-state index >= 15 is 0 Å². The van der Waals surface area contributed by atoms with Crippen LogP contribution in [0.1, 0.15) is 56.8 Å². The third kappa shape index (κ3) is 4.44. The van der Waals surface area contributed by atoms with Gasteiger partial charge in [-0.2, -0.15) is 0 Å². The Kier molecular flexibility index (Phi) is 6.37. The number of hydrogen-bond donors (Lipinski definition) is 1. The highest BCUT2D eigenvalue weighted by Crippen LogP contribution is 2.42. The number of piperidine rings is 1. The average molecular weight is 522 g/mol. The molecule has 5 heterocycles. The number of halogens is 2. The van der Waals surface area contributed by atoms with Crippen LogP contribution in [0.25, 0.3) is 11.3 Å². The molecule has 3 aliphatic heterocycles. The monoisotopic (exact) mass is 521 g/mol. The van der Waals surface area contributed by atoms with Crippen molar-refractivity contribution in [3.05, 3.63) is 53.7 Å². The Morgan fingerprint density at radius 2 is 1.79 bits per heavy atom. The molecule has 6 rings (SSSR count). The Morgan fingerprint density at radius 3 is 2.53 bits per heavy atom. The zero-order valence-corrected chi connectivity index (χ0v) is 21.9. The fraction of sp³-hybridized carbons (Fsp3) is 0.500. The molecule has 0 radical (unpaired) electrons. The van der Waals surface area contributed by atoms with E-state index in [1.807, 2.05) is 20.0 Å². The fourth-order valence-electron chi connectivity index (χ4n) is 6.00. The molecule has 38 heavy (non-hydrogen) atoms. The molecule has 8 nitrogen and oxygen atoms in total. The lowest BCUT2D eigenvalue weighted by Crippen LogP contribution is -2.37. The summed E-state index contributed by atoms with van der Waals surface area (Å²) in [5.41, 5.74) is 1.42. The molecule has 1 amide bonds. The molecule has 0 unspecified atom stereocenters. The summed E-state index contributed by atoms with van der Waals surface area (Å²) < 4.78 is 29.8. The van der Waals surface area contributed by atoms with Crippen molar-refractivity contribution >= 4 is 17.5 Å². The molecule has 2 aromatic heterocycles. The van der Waals surface area contributed by atoms with Crippen LogP contribution in [-0.2, 0) is 16.8 Å². The summed E-state index contributed by atoms with van der Waals surface area (Å²) in [7, 11) is 0. The molecule has 0 bridgehead atoms. The zero-order chi connectivity index (χ0) is 26.4. The first-order valence-electron chi connectivity index (χ1n) is 13.5. The van der Waals surface area contributed by atoms with Gasteiger partial charge < -0.3 is 19.7 Å². The standard InChI is InChI=1S/C28H33F2N7O/c1-28(2)23-24(34-27(28)38)31-17-32-26(23)36-11-7-18(8-12-36)25-33-22(19-5-6-20(29)21(30)15-19)16-37(25)14-13-35-9-3-4-10-35/h5-6,15-18H,3-4,7-14H2,1-2H3,(H,31,32,34,38). The summed E-state index contributed by atoms with van der Waals surface area (Å²) in [5, 5.41) is 2.89. The van der Waals surface area contributed by atoms with Crippen molar-refractivity contribution in [1.82, 2.24) is 24.4 Å². The minimum atomic E-state index is -0.864. The lowest BCUT2D eigenvalue weighted by atomic mass is 9.86. The number of hydrogen-bond acceptors (Lipinski definition) is 6. The number of benzene rings is 1. The van der Waals surface area contributed by atoms with E-state index in [0.717, 1.165) is 75.4 Å². The maximum atomic E-state index is 14.0. The van der Waals surface area contributed by atoms with Gasteiger partial charge in [-0.1, -0.05) is 0 Å². The van der Waals surface area contributed by atoms with Gasteiger partial charge in [-0.25, -0.2) is 23.7 Å². The number of imidazole rings is 1. The minimum Gasteiger partial charge on any atom is -0.356 e. The highest BCUT2D eigenvalue weighted by Gasteiger charge is 2.43. The average Bonchev–Trinajstić information content (AvgIpc) is 3.63. The SMILES string of the molecule is CC1(C)C(=O)Nc2ncnc(N3CCC(c4nc(-c5ccc(F)c(F)c5)cn4CCN4CCCC4)CC3)c21. The first-order chi connectivity index (χ1) is 18.3. The number of nitrogens with zero attached hydrogens (tertiary/aromatic N) is 6. The fourth-order valence-corrected chi connectivity index (χ4v) is 6.00. The van der Waals surface area contributed by atoms with Gasteiger partial charge in [-0.05, 0) is 70.8 Å². The summed E-state index contributed by atoms with van der Waals surface area (Å²) in [6.45, 7) is 9.37. The maximum Gasteiger partial charge on any atom is 0.235 e. The Morgan fingerprint density at radius 1 is 1.03 bits per heavy atom. The maximum absolute atomic E-state index is 14.0. The van der Waals surface area contributed by atoms with Gasteiger partial charge in [0.05, 0.1) is 16.7 Å². The van der Waals surface area contributed by atoms with E-state index in [1.165, 1.54) is 25.2 Å². The van der Waals surface area contributed by atoms with Crippen LogP contribution >= 0.6 is 0 Å². The number of anilines is 2. The predicted molar refractivity (Wildman–Crippen MR) is 141 cm³/mol. The molecule has 3 aromatic rings. The topological polar surface area (TPSA) is 79.2 Å². The highest BCUT2D eigenvalue weighted by atomic mass is 19.2. The predicted octanol–water partition coefficient (Wildman–Crippen LogP) is 4.33. The van der Waals surface area contributed by atoms with Crippen molar-refractivity contribution < 1.29 is 13.6 Å². The number of carbonyl (C=O) groups excluding carboxylic acids is 1. The van der Waals surface area contributed by atoms with Crippen LogP contribution in [-0.4, -0.2) is 63.0 Å². The molecule has 0 atom stereocenters. The van der Waals surface area contributed by atoms with Crippen molar-refractivity contribution in [3.63, 3.8) is 0 Å². The van der Waals surface area contributed by atoms with E-state index in [-0.39, 0.29) is 11.8 Å². The second-order valence-corrected chi connectivity index (χ2v) is 11.1. The first-order valence-corrected chi connectivity index (χ1v) is 13.5. The molecule has 2 fully saturated rings. The van der Waals surface area contributed by atoms with E-state index < -0.39 is 17.0 Å². The van der Waals surface area contributed by atoms with Crippen LogP contribution in [0.3, 0.4) is 0 Å². The lowest BCUT2D eigenvalue weighted by Gasteiger charge is -2.34. The number of nitrogens with one attached hydrogen (secondary N) is 1. The highest BCUT2D eigenvalue weighted by molar-refractivity contribution is 6.06.